The molecule has 0 atom stereocenters. The minimum absolute atomic E-state index is 0.541. The number of hydrogen-bond acceptors (Lipinski definition) is 1. The summed E-state index contributed by atoms with van der Waals surface area (Å²) in [5.74, 6) is 0.624. The normalized spacial score (nSPS) is 21.4. The molecule has 20 heavy (non-hydrogen) atoms. The van der Waals surface area contributed by atoms with Gasteiger partial charge in [0.2, 0.25) is 0 Å². The predicted molar refractivity (Wildman–Crippen MR) is 87.0 cm³/mol. The van der Waals surface area contributed by atoms with Crippen molar-refractivity contribution in [2.24, 2.45) is 0 Å². The maximum atomic E-state index is 6.04. The van der Waals surface area contributed by atoms with E-state index >= 15 is 0 Å². The summed E-state index contributed by atoms with van der Waals surface area (Å²) in [6.07, 6.45) is 2.31. The third-order valence-corrected chi connectivity index (χ3v) is 4.48. The van der Waals surface area contributed by atoms with Gasteiger partial charge in [0.05, 0.1) is 0 Å². The largest absolute Gasteiger partial charge is 0.382 e. The van der Waals surface area contributed by atoms with Crippen molar-refractivity contribution in [2.45, 2.75) is 31.7 Å². The number of anilines is 1. The van der Waals surface area contributed by atoms with Crippen LogP contribution in [0.5, 0.6) is 0 Å². The minimum atomic E-state index is 0.541. The molecule has 3 heteroatoms. The van der Waals surface area contributed by atoms with Crippen LogP contribution >= 0.6 is 23.2 Å². The molecule has 0 unspecified atom stereocenters. The number of nitrogens with one attached hydrogen (secondary N) is 1. The molecule has 0 spiro atoms. The van der Waals surface area contributed by atoms with Crippen molar-refractivity contribution in [3.8, 4) is 0 Å². The molecular formula is C17H17Cl2N. The third kappa shape index (κ3) is 2.94. The lowest BCUT2D eigenvalue weighted by Gasteiger charge is -2.37. The van der Waals surface area contributed by atoms with Gasteiger partial charge in [0.1, 0.15) is 0 Å². The average molecular weight is 306 g/mol. The Labute approximate surface area is 129 Å². The van der Waals surface area contributed by atoms with Crippen molar-refractivity contribution in [3.05, 3.63) is 63.6 Å². The number of aryl methyl sites for hydroxylation is 1. The highest BCUT2D eigenvalue weighted by molar-refractivity contribution is 6.31. The molecule has 0 amide bonds. The van der Waals surface area contributed by atoms with E-state index in [9.17, 15) is 0 Å². The van der Waals surface area contributed by atoms with Crippen LogP contribution in [-0.2, 0) is 0 Å². The zero-order valence-corrected chi connectivity index (χ0v) is 12.9. The van der Waals surface area contributed by atoms with Gasteiger partial charge in [-0.1, -0.05) is 35.3 Å². The molecule has 0 saturated heterocycles. The van der Waals surface area contributed by atoms with Crippen LogP contribution in [0.2, 0.25) is 10.0 Å². The van der Waals surface area contributed by atoms with Crippen LogP contribution in [0.15, 0.2) is 42.5 Å². The van der Waals surface area contributed by atoms with Gasteiger partial charge in [-0.05, 0) is 67.1 Å². The molecule has 0 heterocycles. The summed E-state index contributed by atoms with van der Waals surface area (Å²) in [6, 6.07) is 14.7. The van der Waals surface area contributed by atoms with Gasteiger partial charge < -0.3 is 5.32 Å². The first-order chi connectivity index (χ1) is 9.61. The number of benzene rings is 2. The molecule has 104 valence electrons. The quantitative estimate of drug-likeness (QED) is 0.771. The van der Waals surface area contributed by atoms with Gasteiger partial charge in [-0.3, -0.25) is 0 Å². The van der Waals surface area contributed by atoms with Gasteiger partial charge in [0.25, 0.3) is 0 Å². The number of halogens is 2. The van der Waals surface area contributed by atoms with Gasteiger partial charge in [-0.2, -0.15) is 0 Å². The van der Waals surface area contributed by atoms with E-state index in [1.54, 1.807) is 0 Å². The van der Waals surface area contributed by atoms with Crippen LogP contribution in [0.25, 0.3) is 0 Å². The van der Waals surface area contributed by atoms with E-state index in [-0.39, 0.29) is 0 Å². The second kappa shape index (κ2) is 5.67. The molecule has 1 fully saturated rings. The lowest BCUT2D eigenvalue weighted by molar-refractivity contribution is 0.374. The van der Waals surface area contributed by atoms with Crippen LogP contribution in [0.4, 0.5) is 5.69 Å². The molecule has 1 saturated carbocycles. The number of hydrogen-bond donors (Lipinski definition) is 1. The second-order valence-electron chi connectivity index (χ2n) is 5.52. The molecule has 1 aliphatic carbocycles. The summed E-state index contributed by atoms with van der Waals surface area (Å²) in [4.78, 5) is 0. The van der Waals surface area contributed by atoms with E-state index in [4.69, 9.17) is 23.2 Å². The van der Waals surface area contributed by atoms with Crippen LogP contribution in [0, 0.1) is 6.92 Å². The minimum Gasteiger partial charge on any atom is -0.382 e. The molecule has 0 aliphatic heterocycles. The zero-order chi connectivity index (χ0) is 14.1. The molecule has 2 aromatic rings. The second-order valence-corrected chi connectivity index (χ2v) is 6.40. The van der Waals surface area contributed by atoms with E-state index in [1.165, 1.54) is 16.8 Å². The van der Waals surface area contributed by atoms with Crippen molar-refractivity contribution in [3.63, 3.8) is 0 Å². The Morgan fingerprint density at radius 2 is 1.75 bits per heavy atom. The van der Waals surface area contributed by atoms with Gasteiger partial charge in [0.15, 0.2) is 0 Å². The summed E-state index contributed by atoms with van der Waals surface area (Å²) in [5.41, 5.74) is 3.73. The first-order valence-corrected chi connectivity index (χ1v) is 7.65. The summed E-state index contributed by atoms with van der Waals surface area (Å²) in [6.45, 7) is 2.08. The molecule has 1 aliphatic rings. The third-order valence-electron chi connectivity index (χ3n) is 4.01. The fraction of sp³-hybridized carbons (Fsp3) is 0.294. The lowest BCUT2D eigenvalue weighted by Crippen LogP contribution is -2.34. The van der Waals surface area contributed by atoms with E-state index in [0.717, 1.165) is 22.9 Å². The highest BCUT2D eigenvalue weighted by Crippen LogP contribution is 2.39. The maximum absolute atomic E-state index is 6.04. The van der Waals surface area contributed by atoms with Gasteiger partial charge >= 0.3 is 0 Å². The molecule has 0 radical (unpaired) electrons. The smallest absolute Gasteiger partial charge is 0.0410 e. The first-order valence-electron chi connectivity index (χ1n) is 6.90. The molecule has 1 N–H and O–H groups in total. The van der Waals surface area contributed by atoms with Crippen LogP contribution < -0.4 is 5.32 Å². The van der Waals surface area contributed by atoms with E-state index in [1.807, 2.05) is 24.3 Å². The van der Waals surface area contributed by atoms with Crippen molar-refractivity contribution >= 4 is 28.9 Å². The van der Waals surface area contributed by atoms with Crippen molar-refractivity contribution in [2.75, 3.05) is 5.32 Å². The van der Waals surface area contributed by atoms with Gasteiger partial charge in [-0.15, -0.1) is 0 Å². The summed E-state index contributed by atoms with van der Waals surface area (Å²) in [7, 11) is 0. The van der Waals surface area contributed by atoms with E-state index < -0.39 is 0 Å². The number of rotatable bonds is 3. The maximum Gasteiger partial charge on any atom is 0.0410 e. The van der Waals surface area contributed by atoms with Crippen LogP contribution in [-0.4, -0.2) is 6.04 Å². The summed E-state index contributed by atoms with van der Waals surface area (Å²) < 4.78 is 0. The summed E-state index contributed by atoms with van der Waals surface area (Å²) in [5, 5.41) is 5.21. The Kier molecular flexibility index (Phi) is 3.91. The highest BCUT2D eigenvalue weighted by Gasteiger charge is 2.30. The fourth-order valence-electron chi connectivity index (χ4n) is 2.78. The molecule has 0 aromatic heterocycles. The Bertz CT molecular complexity index is 618. The van der Waals surface area contributed by atoms with Crippen LogP contribution in [0.1, 0.15) is 29.9 Å². The van der Waals surface area contributed by atoms with E-state index in [0.29, 0.717) is 12.0 Å². The van der Waals surface area contributed by atoms with Crippen molar-refractivity contribution in [1.29, 1.82) is 0 Å². The zero-order valence-electron chi connectivity index (χ0n) is 11.4. The Morgan fingerprint density at radius 3 is 2.45 bits per heavy atom. The van der Waals surface area contributed by atoms with Crippen molar-refractivity contribution < 1.29 is 0 Å². The standard InChI is InChI=1S/C17H17Cl2N/c1-11-7-15(19)5-6-17(11)20-16-9-13(10-16)12-3-2-4-14(18)8-12/h2-8,13,16,20H,9-10H2,1H3. The Hall–Kier alpha value is -1.18. The van der Waals surface area contributed by atoms with E-state index in [2.05, 4.69) is 30.4 Å². The molecule has 0 bridgehead atoms. The van der Waals surface area contributed by atoms with Gasteiger partial charge in [-0.25, -0.2) is 0 Å². The Balaban J connectivity index is 1.61. The fourth-order valence-corrected chi connectivity index (χ4v) is 3.20. The molecule has 3 rings (SSSR count). The SMILES string of the molecule is Cc1cc(Cl)ccc1NC1CC(c2cccc(Cl)c2)C1. The van der Waals surface area contributed by atoms with Crippen LogP contribution in [0.3, 0.4) is 0 Å². The monoisotopic (exact) mass is 305 g/mol. The molecule has 2 aromatic carbocycles. The first kappa shape index (κ1) is 13.8. The average Bonchev–Trinajstić information content (AvgIpc) is 2.35. The van der Waals surface area contributed by atoms with Crippen molar-refractivity contribution in [1.82, 2.24) is 0 Å². The summed E-state index contributed by atoms with van der Waals surface area (Å²) >= 11 is 12.0. The molecular weight excluding hydrogens is 289 g/mol. The Morgan fingerprint density at radius 1 is 1.00 bits per heavy atom. The topological polar surface area (TPSA) is 12.0 Å². The van der Waals surface area contributed by atoms with Gasteiger partial charge in [0, 0.05) is 21.8 Å². The highest BCUT2D eigenvalue weighted by atomic mass is 35.5. The predicted octanol–water partition coefficient (Wildman–Crippen LogP) is 5.66. The molecule has 1 nitrogen and oxygen atoms in total. The lowest BCUT2D eigenvalue weighted by atomic mass is 9.76.